The van der Waals surface area contributed by atoms with Crippen molar-refractivity contribution in [1.82, 2.24) is 9.55 Å². The maximum atomic E-state index is 6.65. The molecule has 0 aliphatic carbocycles. The van der Waals surface area contributed by atoms with E-state index in [-0.39, 0.29) is 0 Å². The number of rotatable bonds is 5. The van der Waals surface area contributed by atoms with Crippen LogP contribution < -0.4 is 4.90 Å². The number of nitrogens with one attached hydrogen (secondary N) is 1. The number of aromatic amines is 1. The molecule has 0 aliphatic heterocycles. The molecule has 3 aromatic heterocycles. The van der Waals surface area contributed by atoms with Crippen molar-refractivity contribution in [2.75, 3.05) is 4.90 Å². The first-order valence-corrected chi connectivity index (χ1v) is 19.1. The number of aromatic nitrogens is 2. The first-order chi connectivity index (χ1) is 27.8. The monoisotopic (exact) mass is 715 g/mol. The molecular formula is C52H33N3O. The topological polar surface area (TPSA) is 37.1 Å². The van der Waals surface area contributed by atoms with Crippen molar-refractivity contribution in [3.8, 4) is 16.8 Å². The Balaban J connectivity index is 1.05. The number of nitrogens with zero attached hydrogens (tertiary/aromatic N) is 2. The van der Waals surface area contributed by atoms with Gasteiger partial charge in [0.05, 0.1) is 11.2 Å². The minimum Gasteiger partial charge on any atom is -0.454 e. The summed E-state index contributed by atoms with van der Waals surface area (Å²) in [4.78, 5) is 6.15. The molecule has 4 heteroatoms. The highest BCUT2D eigenvalue weighted by Crippen LogP contribution is 2.45. The Morgan fingerprint density at radius 3 is 2.05 bits per heavy atom. The normalized spacial score (nSPS) is 11.9. The number of anilines is 3. The molecule has 0 atom stereocenters. The highest BCUT2D eigenvalue weighted by atomic mass is 16.3. The van der Waals surface area contributed by atoms with Gasteiger partial charge in [0.25, 0.3) is 0 Å². The van der Waals surface area contributed by atoms with Gasteiger partial charge in [-0.15, -0.1) is 0 Å². The van der Waals surface area contributed by atoms with E-state index in [0.717, 1.165) is 61.4 Å². The van der Waals surface area contributed by atoms with Gasteiger partial charge in [-0.3, -0.25) is 4.57 Å². The van der Waals surface area contributed by atoms with Gasteiger partial charge in [-0.05, 0) is 93.3 Å². The molecule has 4 nitrogen and oxygen atoms in total. The number of hydrogen-bond acceptors (Lipinski definition) is 2. The first kappa shape index (κ1) is 30.9. The summed E-state index contributed by atoms with van der Waals surface area (Å²) in [6, 6.07) is 69.6. The highest BCUT2D eigenvalue weighted by molar-refractivity contribution is 6.25. The number of hydrogen-bond donors (Lipinski definition) is 1. The van der Waals surface area contributed by atoms with Crippen molar-refractivity contribution < 1.29 is 4.42 Å². The maximum Gasteiger partial charge on any atom is 0.159 e. The van der Waals surface area contributed by atoms with Gasteiger partial charge in [0.1, 0.15) is 11.2 Å². The average molecular weight is 716 g/mol. The lowest BCUT2D eigenvalue weighted by Crippen LogP contribution is -2.10. The van der Waals surface area contributed by atoms with Crippen LogP contribution in [0.1, 0.15) is 0 Å². The Bertz CT molecular complexity index is 3480. The Labute approximate surface area is 322 Å². The van der Waals surface area contributed by atoms with E-state index in [1.54, 1.807) is 0 Å². The van der Waals surface area contributed by atoms with Gasteiger partial charge in [-0.1, -0.05) is 133 Å². The molecule has 0 bridgehead atoms. The second kappa shape index (κ2) is 12.0. The zero-order chi connectivity index (χ0) is 36.7. The maximum absolute atomic E-state index is 6.65. The standard InChI is InChI=1S/C52H33N3O/c1-2-13-36(14-3-1)55-46-21-8-6-17-44(46)50-49-41(18-10-20-45(49)53-52(50)55)34-26-28-37(29-27-34)54(47-22-11-19-43-42-16-7-9-23-48(42)56-51(43)47)38-30-31-40-35(32-38)25-24-33-12-4-5-15-39(33)40/h1-32,53H. The van der Waals surface area contributed by atoms with E-state index in [0.29, 0.717) is 0 Å². The fraction of sp³-hybridized carbons (Fsp3) is 0. The molecule has 262 valence electrons. The molecule has 12 aromatic rings. The van der Waals surface area contributed by atoms with E-state index in [9.17, 15) is 0 Å². The minimum atomic E-state index is 0.866. The van der Waals surface area contributed by atoms with E-state index >= 15 is 0 Å². The molecule has 9 aromatic carbocycles. The third-order valence-corrected chi connectivity index (χ3v) is 11.5. The zero-order valence-corrected chi connectivity index (χ0v) is 30.3. The fourth-order valence-corrected chi connectivity index (χ4v) is 9.02. The van der Waals surface area contributed by atoms with Gasteiger partial charge >= 0.3 is 0 Å². The lowest BCUT2D eigenvalue weighted by atomic mass is 9.98. The van der Waals surface area contributed by atoms with Gasteiger partial charge in [-0.25, -0.2) is 0 Å². The van der Waals surface area contributed by atoms with E-state index in [4.69, 9.17) is 4.42 Å². The SMILES string of the molecule is c1ccc(-n2c3ccccc3c3c4c(-c5ccc(N(c6ccc7c(ccc8ccccc87)c6)c6cccc7c6oc6ccccc67)cc5)cccc4[nH]c32)cc1. The largest absolute Gasteiger partial charge is 0.454 e. The lowest BCUT2D eigenvalue weighted by molar-refractivity contribution is 0.669. The van der Waals surface area contributed by atoms with Crippen molar-refractivity contribution in [3.05, 3.63) is 194 Å². The van der Waals surface area contributed by atoms with E-state index in [1.165, 1.54) is 48.8 Å². The van der Waals surface area contributed by atoms with Crippen molar-refractivity contribution in [2.24, 2.45) is 0 Å². The van der Waals surface area contributed by atoms with Crippen LogP contribution in [0.15, 0.2) is 199 Å². The second-order valence-electron chi connectivity index (χ2n) is 14.6. The van der Waals surface area contributed by atoms with E-state index in [2.05, 4.69) is 203 Å². The molecule has 12 rings (SSSR count). The molecule has 56 heavy (non-hydrogen) atoms. The molecule has 0 aliphatic rings. The summed E-state index contributed by atoms with van der Waals surface area (Å²) in [7, 11) is 0. The molecule has 1 N–H and O–H groups in total. The highest BCUT2D eigenvalue weighted by Gasteiger charge is 2.22. The number of fused-ring (bicyclic) bond motifs is 11. The van der Waals surface area contributed by atoms with Gasteiger partial charge in [0.15, 0.2) is 5.58 Å². The van der Waals surface area contributed by atoms with Crippen molar-refractivity contribution >= 4 is 93.4 Å². The molecule has 0 saturated carbocycles. The molecular weight excluding hydrogens is 683 g/mol. The molecule has 0 unspecified atom stereocenters. The number of furan rings is 1. The number of H-pyrrole nitrogens is 1. The average Bonchev–Trinajstić information content (AvgIpc) is 3.93. The van der Waals surface area contributed by atoms with Crippen LogP contribution in [0.25, 0.3) is 93.1 Å². The summed E-state index contributed by atoms with van der Waals surface area (Å²) in [5, 5.41) is 10.8. The summed E-state index contributed by atoms with van der Waals surface area (Å²) in [5.74, 6) is 0. The van der Waals surface area contributed by atoms with Crippen LogP contribution in [0.5, 0.6) is 0 Å². The molecule has 3 heterocycles. The smallest absolute Gasteiger partial charge is 0.159 e. The predicted octanol–water partition coefficient (Wildman–Crippen LogP) is 14.6. The van der Waals surface area contributed by atoms with E-state index in [1.807, 2.05) is 6.07 Å². The Morgan fingerprint density at radius 1 is 0.464 bits per heavy atom. The first-order valence-electron chi connectivity index (χ1n) is 19.1. The third-order valence-electron chi connectivity index (χ3n) is 11.5. The summed E-state index contributed by atoms with van der Waals surface area (Å²) in [6.45, 7) is 0. The van der Waals surface area contributed by atoms with Crippen LogP contribution in [-0.4, -0.2) is 9.55 Å². The van der Waals surface area contributed by atoms with Crippen LogP contribution in [0.3, 0.4) is 0 Å². The summed E-state index contributed by atoms with van der Waals surface area (Å²) >= 11 is 0. The van der Waals surface area contributed by atoms with Crippen LogP contribution in [0.2, 0.25) is 0 Å². The zero-order valence-electron chi connectivity index (χ0n) is 30.3. The van der Waals surface area contributed by atoms with Crippen LogP contribution in [0.4, 0.5) is 17.1 Å². The molecule has 0 saturated heterocycles. The van der Waals surface area contributed by atoms with Gasteiger partial charge in [-0.2, -0.15) is 0 Å². The summed E-state index contributed by atoms with van der Waals surface area (Å²) < 4.78 is 9.00. The summed E-state index contributed by atoms with van der Waals surface area (Å²) in [5.41, 5.74) is 11.8. The van der Waals surface area contributed by atoms with E-state index < -0.39 is 0 Å². The number of para-hydroxylation sites is 4. The van der Waals surface area contributed by atoms with Crippen molar-refractivity contribution in [2.45, 2.75) is 0 Å². The molecule has 0 spiro atoms. The predicted molar refractivity (Wildman–Crippen MR) is 235 cm³/mol. The van der Waals surface area contributed by atoms with Gasteiger partial charge < -0.3 is 14.3 Å². The van der Waals surface area contributed by atoms with Gasteiger partial charge in [0.2, 0.25) is 0 Å². The van der Waals surface area contributed by atoms with Crippen LogP contribution in [-0.2, 0) is 0 Å². The van der Waals surface area contributed by atoms with Crippen LogP contribution >= 0.6 is 0 Å². The fourth-order valence-electron chi connectivity index (χ4n) is 9.02. The minimum absolute atomic E-state index is 0.866. The molecule has 0 amide bonds. The van der Waals surface area contributed by atoms with Gasteiger partial charge in [0, 0.05) is 49.5 Å². The van der Waals surface area contributed by atoms with Crippen molar-refractivity contribution in [1.29, 1.82) is 0 Å². The number of benzene rings is 9. The Morgan fingerprint density at radius 2 is 1.16 bits per heavy atom. The van der Waals surface area contributed by atoms with Crippen LogP contribution in [0, 0.1) is 0 Å². The van der Waals surface area contributed by atoms with Crippen molar-refractivity contribution in [3.63, 3.8) is 0 Å². The Kier molecular flexibility index (Phi) is 6.60. The third kappa shape index (κ3) is 4.53. The lowest BCUT2D eigenvalue weighted by Gasteiger charge is -2.26. The quantitative estimate of drug-likeness (QED) is 0.180. The molecule has 0 fully saturated rings. The second-order valence-corrected chi connectivity index (χ2v) is 14.6. The molecule has 0 radical (unpaired) electrons. The summed E-state index contributed by atoms with van der Waals surface area (Å²) in [6.07, 6.45) is 0. The Hall–Kier alpha value is -7.56.